The third-order valence-corrected chi connectivity index (χ3v) is 4.80. The molecular weight excluding hydrogens is 203 g/mol. The van der Waals surface area contributed by atoms with Crippen LogP contribution in [0.1, 0.15) is 71.1 Å². The van der Waals surface area contributed by atoms with Crippen molar-refractivity contribution in [1.29, 1.82) is 0 Å². The van der Waals surface area contributed by atoms with Gasteiger partial charge in [-0.1, -0.05) is 82.1 Å². The lowest BCUT2D eigenvalue weighted by Crippen LogP contribution is -2.26. The van der Waals surface area contributed by atoms with Crippen LogP contribution in [-0.4, -0.2) is 7.28 Å². The van der Waals surface area contributed by atoms with Crippen LogP contribution in [0.4, 0.5) is 0 Å². The average molecular weight is 232 g/mol. The molecule has 1 heteroatoms. The molecule has 0 aromatic carbocycles. The zero-order valence-electron chi connectivity index (χ0n) is 11.7. The average Bonchev–Trinajstić information content (AvgIpc) is 2.33. The van der Waals surface area contributed by atoms with E-state index in [1.165, 1.54) is 64.2 Å². The van der Waals surface area contributed by atoms with Gasteiger partial charge in [0.05, 0.1) is 0 Å². The summed E-state index contributed by atoms with van der Waals surface area (Å²) in [5, 5.41) is 0. The van der Waals surface area contributed by atoms with Crippen molar-refractivity contribution in [3.63, 3.8) is 0 Å². The lowest BCUT2D eigenvalue weighted by Gasteiger charge is -2.37. The van der Waals surface area contributed by atoms with Crippen molar-refractivity contribution in [2.45, 2.75) is 82.8 Å². The lowest BCUT2D eigenvalue weighted by molar-refractivity contribution is 0.392. The molecule has 0 amide bonds. The molecule has 2 aliphatic heterocycles. The third-order valence-electron chi connectivity index (χ3n) is 4.80. The second-order valence-corrected chi connectivity index (χ2v) is 6.41. The third kappa shape index (κ3) is 4.52. The van der Waals surface area contributed by atoms with Gasteiger partial charge in [0.2, 0.25) is 0 Å². The molecule has 0 N–H and O–H groups in total. The number of rotatable bonds is 6. The Balaban J connectivity index is 1.63. The molecule has 0 nitrogen and oxygen atoms in total. The Morgan fingerprint density at radius 2 is 1.82 bits per heavy atom. The van der Waals surface area contributed by atoms with Crippen molar-refractivity contribution < 1.29 is 0 Å². The summed E-state index contributed by atoms with van der Waals surface area (Å²) in [4.78, 5) is 0. The minimum Gasteiger partial charge on any atom is -0.0883 e. The molecular formula is C16H29B. The van der Waals surface area contributed by atoms with Gasteiger partial charge < -0.3 is 0 Å². The van der Waals surface area contributed by atoms with E-state index in [4.69, 9.17) is 0 Å². The number of fused-ring (bicyclic) bond motifs is 2. The van der Waals surface area contributed by atoms with Gasteiger partial charge in [0, 0.05) is 0 Å². The molecule has 2 unspecified atom stereocenters. The Bertz CT molecular complexity index is 222. The van der Waals surface area contributed by atoms with Crippen LogP contribution in [0.25, 0.3) is 0 Å². The van der Waals surface area contributed by atoms with Crippen molar-refractivity contribution in [2.75, 3.05) is 0 Å². The molecule has 0 radical (unpaired) electrons. The highest BCUT2D eigenvalue weighted by atomic mass is 14.3. The molecule has 2 heterocycles. The molecule has 2 aliphatic rings. The summed E-state index contributed by atoms with van der Waals surface area (Å²) in [6.07, 6.45) is 19.6. The first-order valence-electron chi connectivity index (χ1n) is 8.05. The fourth-order valence-electron chi connectivity index (χ4n) is 3.92. The second kappa shape index (κ2) is 7.29. The van der Waals surface area contributed by atoms with Crippen LogP contribution >= 0.6 is 0 Å². The molecule has 0 aromatic rings. The van der Waals surface area contributed by atoms with E-state index in [9.17, 15) is 0 Å². The predicted octanol–water partition coefficient (Wildman–Crippen LogP) is 5.12. The van der Waals surface area contributed by atoms with Gasteiger partial charge >= 0.3 is 0 Å². The SMILES string of the molecule is CCCCCC/C=C/C1CC2BC(CCC2)C1. The first kappa shape index (κ1) is 13.2. The quantitative estimate of drug-likeness (QED) is 0.338. The largest absolute Gasteiger partial charge is 0.127 e. The Labute approximate surface area is 108 Å². The summed E-state index contributed by atoms with van der Waals surface area (Å²) in [5.41, 5.74) is 0. The maximum atomic E-state index is 2.57. The van der Waals surface area contributed by atoms with Gasteiger partial charge in [-0.15, -0.1) is 0 Å². The maximum absolute atomic E-state index is 2.57. The maximum Gasteiger partial charge on any atom is 0.127 e. The van der Waals surface area contributed by atoms with E-state index < -0.39 is 0 Å². The van der Waals surface area contributed by atoms with E-state index in [2.05, 4.69) is 19.1 Å². The smallest absolute Gasteiger partial charge is 0.0883 e. The molecule has 2 atom stereocenters. The normalized spacial score (nSPS) is 32.6. The van der Waals surface area contributed by atoms with Crippen molar-refractivity contribution in [3.05, 3.63) is 12.2 Å². The summed E-state index contributed by atoms with van der Waals surface area (Å²) < 4.78 is 0. The topological polar surface area (TPSA) is 0 Å². The monoisotopic (exact) mass is 232 g/mol. The molecule has 2 bridgehead atoms. The first-order valence-corrected chi connectivity index (χ1v) is 8.05. The fourth-order valence-corrected chi connectivity index (χ4v) is 3.92. The zero-order valence-corrected chi connectivity index (χ0v) is 11.7. The van der Waals surface area contributed by atoms with Gasteiger partial charge in [-0.25, -0.2) is 0 Å². The van der Waals surface area contributed by atoms with Crippen LogP contribution in [0.3, 0.4) is 0 Å². The van der Waals surface area contributed by atoms with E-state index in [-0.39, 0.29) is 0 Å². The van der Waals surface area contributed by atoms with Gasteiger partial charge in [-0.05, 0) is 18.8 Å². The zero-order chi connectivity index (χ0) is 11.9. The highest BCUT2D eigenvalue weighted by Gasteiger charge is 2.31. The van der Waals surface area contributed by atoms with Crippen LogP contribution in [0.5, 0.6) is 0 Å². The van der Waals surface area contributed by atoms with Crippen molar-refractivity contribution >= 4 is 7.28 Å². The molecule has 0 spiro atoms. The highest BCUT2D eigenvalue weighted by molar-refractivity contribution is 6.40. The van der Waals surface area contributed by atoms with Gasteiger partial charge in [0.25, 0.3) is 0 Å². The van der Waals surface area contributed by atoms with Crippen molar-refractivity contribution in [2.24, 2.45) is 5.92 Å². The second-order valence-electron chi connectivity index (χ2n) is 6.41. The van der Waals surface area contributed by atoms with E-state index >= 15 is 0 Å². The predicted molar refractivity (Wildman–Crippen MR) is 79.1 cm³/mol. The summed E-state index contributed by atoms with van der Waals surface area (Å²) in [7, 11) is 1.56. The lowest BCUT2D eigenvalue weighted by atomic mass is 9.42. The number of allylic oxidation sites excluding steroid dienone is 2. The van der Waals surface area contributed by atoms with Gasteiger partial charge in [0.1, 0.15) is 7.28 Å². The number of unbranched alkanes of at least 4 members (excludes halogenated alkanes) is 4. The molecule has 96 valence electrons. The molecule has 2 saturated heterocycles. The van der Waals surface area contributed by atoms with Crippen LogP contribution in [0.2, 0.25) is 11.6 Å². The summed E-state index contributed by atoms with van der Waals surface area (Å²) in [6.45, 7) is 2.29. The van der Waals surface area contributed by atoms with E-state index in [1.807, 2.05) is 0 Å². The van der Waals surface area contributed by atoms with Crippen LogP contribution in [0, 0.1) is 5.92 Å². The van der Waals surface area contributed by atoms with E-state index in [1.54, 1.807) is 7.28 Å². The summed E-state index contributed by atoms with van der Waals surface area (Å²) in [5.74, 6) is 3.10. The van der Waals surface area contributed by atoms with E-state index in [0.717, 1.165) is 17.6 Å². The minimum atomic E-state index is 0.935. The van der Waals surface area contributed by atoms with Gasteiger partial charge in [-0.3, -0.25) is 0 Å². The van der Waals surface area contributed by atoms with Gasteiger partial charge in [0.15, 0.2) is 0 Å². The summed E-state index contributed by atoms with van der Waals surface area (Å²) >= 11 is 0. The van der Waals surface area contributed by atoms with Crippen LogP contribution in [-0.2, 0) is 0 Å². The van der Waals surface area contributed by atoms with Crippen molar-refractivity contribution in [1.82, 2.24) is 0 Å². The molecule has 0 aliphatic carbocycles. The first-order chi connectivity index (χ1) is 8.38. The molecule has 17 heavy (non-hydrogen) atoms. The standard InChI is InChI=1S/C16H29B/c1-2-3-4-5-6-7-9-14-12-15-10-8-11-16(13-14)17-15/h7,9,14-17H,2-6,8,10-13H2,1H3/b9-7+. The van der Waals surface area contributed by atoms with Crippen LogP contribution < -0.4 is 0 Å². The Kier molecular flexibility index (Phi) is 5.68. The molecule has 0 saturated carbocycles. The van der Waals surface area contributed by atoms with Gasteiger partial charge in [-0.2, -0.15) is 0 Å². The number of hydrogen-bond donors (Lipinski definition) is 0. The number of hydrogen-bond acceptors (Lipinski definition) is 0. The van der Waals surface area contributed by atoms with Crippen LogP contribution in [0.15, 0.2) is 12.2 Å². The molecule has 0 aromatic heterocycles. The summed E-state index contributed by atoms with van der Waals surface area (Å²) in [6, 6.07) is 0. The molecule has 2 fully saturated rings. The Morgan fingerprint density at radius 3 is 2.53 bits per heavy atom. The Morgan fingerprint density at radius 1 is 1.06 bits per heavy atom. The fraction of sp³-hybridized carbons (Fsp3) is 0.875. The molecule has 2 rings (SSSR count). The minimum absolute atomic E-state index is 0.935. The van der Waals surface area contributed by atoms with Crippen molar-refractivity contribution in [3.8, 4) is 0 Å². The van der Waals surface area contributed by atoms with E-state index in [0.29, 0.717) is 0 Å². The Hall–Kier alpha value is -0.195. The highest BCUT2D eigenvalue weighted by Crippen LogP contribution is 2.44.